The number of hydrogen-bond acceptors (Lipinski definition) is 4. The number of rotatable bonds is 9. The number of anilines is 1. The number of nitrogens with one attached hydrogen (secondary N) is 1. The molecule has 1 saturated heterocycles. The van der Waals surface area contributed by atoms with Gasteiger partial charge in [-0.3, -0.25) is 13.9 Å². The minimum Gasteiger partial charge on any atom is -0.352 e. The summed E-state index contributed by atoms with van der Waals surface area (Å²) in [5.41, 5.74) is 1.61. The minimum atomic E-state index is -3.96. The van der Waals surface area contributed by atoms with Gasteiger partial charge in [0.15, 0.2) is 0 Å². The third-order valence-electron chi connectivity index (χ3n) is 5.98. The lowest BCUT2D eigenvalue weighted by Gasteiger charge is -2.25. The SMILES string of the molecule is O=C(NCCC(=O)N1CCCC1)c1cccc(S(=O)(=O)N(Cc2ccccc2)c2ccccc2)c1. The Morgan fingerprint density at radius 2 is 1.51 bits per heavy atom. The van der Waals surface area contributed by atoms with E-state index in [0.717, 1.165) is 31.5 Å². The van der Waals surface area contributed by atoms with Gasteiger partial charge in [0.2, 0.25) is 5.91 Å². The number of amides is 2. The summed E-state index contributed by atoms with van der Waals surface area (Å²) < 4.78 is 28.8. The van der Waals surface area contributed by atoms with E-state index < -0.39 is 15.9 Å². The van der Waals surface area contributed by atoms with Gasteiger partial charge in [-0.05, 0) is 48.7 Å². The van der Waals surface area contributed by atoms with E-state index in [1.54, 1.807) is 36.4 Å². The first kappa shape index (κ1) is 24.5. The summed E-state index contributed by atoms with van der Waals surface area (Å²) in [7, 11) is -3.96. The van der Waals surface area contributed by atoms with Crippen LogP contribution in [0.3, 0.4) is 0 Å². The number of hydrogen-bond donors (Lipinski definition) is 1. The summed E-state index contributed by atoms with van der Waals surface area (Å²) in [5.74, 6) is -0.385. The number of para-hydroxylation sites is 1. The number of carbonyl (C=O) groups is 2. The van der Waals surface area contributed by atoms with Crippen molar-refractivity contribution in [3.8, 4) is 0 Å². The van der Waals surface area contributed by atoms with E-state index in [0.29, 0.717) is 5.69 Å². The molecule has 3 aromatic rings. The second-order valence-corrected chi connectivity index (χ2v) is 10.3. The van der Waals surface area contributed by atoms with E-state index in [2.05, 4.69) is 5.32 Å². The molecule has 0 spiro atoms. The molecule has 7 nitrogen and oxygen atoms in total. The highest BCUT2D eigenvalue weighted by Crippen LogP contribution is 2.26. The Labute approximate surface area is 206 Å². The summed E-state index contributed by atoms with van der Waals surface area (Å²) in [6.45, 7) is 1.90. The molecule has 4 rings (SSSR count). The normalized spacial score (nSPS) is 13.4. The molecule has 2 amide bonds. The van der Waals surface area contributed by atoms with Gasteiger partial charge in [0.1, 0.15) is 0 Å². The summed E-state index contributed by atoms with van der Waals surface area (Å²) in [6, 6.07) is 24.3. The maximum absolute atomic E-state index is 13.7. The fraction of sp³-hybridized carbons (Fsp3) is 0.259. The monoisotopic (exact) mass is 491 g/mol. The predicted octanol–water partition coefficient (Wildman–Crippen LogP) is 3.82. The van der Waals surface area contributed by atoms with Gasteiger partial charge >= 0.3 is 0 Å². The molecular weight excluding hydrogens is 462 g/mol. The van der Waals surface area contributed by atoms with E-state index in [9.17, 15) is 18.0 Å². The van der Waals surface area contributed by atoms with Crippen LogP contribution in [-0.2, 0) is 21.4 Å². The fourth-order valence-electron chi connectivity index (χ4n) is 4.09. The van der Waals surface area contributed by atoms with Crippen molar-refractivity contribution in [1.82, 2.24) is 10.2 Å². The molecule has 1 aliphatic rings. The lowest BCUT2D eigenvalue weighted by atomic mass is 10.2. The number of nitrogens with zero attached hydrogens (tertiary/aromatic N) is 2. The summed E-state index contributed by atoms with van der Waals surface area (Å²) in [5, 5.41) is 2.74. The number of sulfonamides is 1. The van der Waals surface area contributed by atoms with Crippen LogP contribution in [0.2, 0.25) is 0 Å². The molecule has 0 bridgehead atoms. The largest absolute Gasteiger partial charge is 0.352 e. The van der Waals surface area contributed by atoms with E-state index >= 15 is 0 Å². The van der Waals surface area contributed by atoms with Gasteiger partial charge < -0.3 is 10.2 Å². The van der Waals surface area contributed by atoms with Gasteiger partial charge in [0.25, 0.3) is 15.9 Å². The number of likely N-dealkylation sites (tertiary alicyclic amines) is 1. The molecule has 182 valence electrons. The van der Waals surface area contributed by atoms with Crippen molar-refractivity contribution in [2.24, 2.45) is 0 Å². The summed E-state index contributed by atoms with van der Waals surface area (Å²) in [4.78, 5) is 26.7. The molecule has 0 saturated carbocycles. The predicted molar refractivity (Wildman–Crippen MR) is 135 cm³/mol. The van der Waals surface area contributed by atoms with Crippen LogP contribution in [0.15, 0.2) is 89.8 Å². The van der Waals surface area contributed by atoms with Crippen LogP contribution in [0.4, 0.5) is 5.69 Å². The highest BCUT2D eigenvalue weighted by atomic mass is 32.2. The average molecular weight is 492 g/mol. The van der Waals surface area contributed by atoms with Crippen LogP contribution in [0, 0.1) is 0 Å². The molecule has 0 atom stereocenters. The van der Waals surface area contributed by atoms with Crippen molar-refractivity contribution >= 4 is 27.5 Å². The molecule has 0 radical (unpaired) electrons. The van der Waals surface area contributed by atoms with Crippen LogP contribution in [-0.4, -0.2) is 44.8 Å². The first-order valence-electron chi connectivity index (χ1n) is 11.7. The van der Waals surface area contributed by atoms with Crippen molar-refractivity contribution in [3.05, 3.63) is 96.1 Å². The number of carbonyl (C=O) groups excluding carboxylic acids is 2. The zero-order valence-corrected chi connectivity index (χ0v) is 20.3. The van der Waals surface area contributed by atoms with Gasteiger partial charge in [-0.2, -0.15) is 0 Å². The molecule has 0 aliphatic carbocycles. The zero-order valence-electron chi connectivity index (χ0n) is 19.5. The minimum absolute atomic E-state index is 0.0260. The summed E-state index contributed by atoms with van der Waals surface area (Å²) in [6.07, 6.45) is 2.26. The lowest BCUT2D eigenvalue weighted by Crippen LogP contribution is -2.33. The van der Waals surface area contributed by atoms with Crippen molar-refractivity contribution < 1.29 is 18.0 Å². The van der Waals surface area contributed by atoms with E-state index in [4.69, 9.17) is 0 Å². The van der Waals surface area contributed by atoms with Crippen LogP contribution in [0.25, 0.3) is 0 Å². The Balaban J connectivity index is 1.51. The first-order valence-corrected chi connectivity index (χ1v) is 13.2. The second-order valence-electron chi connectivity index (χ2n) is 8.45. The quantitative estimate of drug-likeness (QED) is 0.493. The fourth-order valence-corrected chi connectivity index (χ4v) is 5.59. The molecule has 35 heavy (non-hydrogen) atoms. The van der Waals surface area contributed by atoms with E-state index in [1.165, 1.54) is 16.4 Å². The smallest absolute Gasteiger partial charge is 0.264 e. The first-order chi connectivity index (χ1) is 16.9. The highest BCUT2D eigenvalue weighted by molar-refractivity contribution is 7.92. The average Bonchev–Trinajstić information content (AvgIpc) is 3.44. The van der Waals surface area contributed by atoms with E-state index in [1.807, 2.05) is 41.3 Å². The highest BCUT2D eigenvalue weighted by Gasteiger charge is 2.26. The third kappa shape index (κ3) is 6.08. The van der Waals surface area contributed by atoms with Crippen LogP contribution >= 0.6 is 0 Å². The van der Waals surface area contributed by atoms with Crippen molar-refractivity contribution in [3.63, 3.8) is 0 Å². The van der Waals surface area contributed by atoms with Gasteiger partial charge in [-0.25, -0.2) is 8.42 Å². The lowest BCUT2D eigenvalue weighted by molar-refractivity contribution is -0.129. The zero-order chi connectivity index (χ0) is 24.7. The van der Waals surface area contributed by atoms with E-state index in [-0.39, 0.29) is 35.9 Å². The van der Waals surface area contributed by atoms with Gasteiger partial charge in [-0.1, -0.05) is 54.6 Å². The maximum atomic E-state index is 13.7. The van der Waals surface area contributed by atoms with Crippen molar-refractivity contribution in [1.29, 1.82) is 0 Å². The van der Waals surface area contributed by atoms with Crippen LogP contribution in [0.1, 0.15) is 35.2 Å². The standard InChI is InChI=1S/C27H29N3O4S/c31-26(29-18-7-8-19-29)16-17-28-27(32)23-12-9-15-25(20-23)35(33,34)30(24-13-5-2-6-14-24)21-22-10-3-1-4-11-22/h1-6,9-15,20H,7-8,16-19,21H2,(H,28,32). The molecule has 1 fully saturated rings. The van der Waals surface area contributed by atoms with Gasteiger partial charge in [0.05, 0.1) is 17.1 Å². The molecule has 3 aromatic carbocycles. The number of benzene rings is 3. The van der Waals surface area contributed by atoms with Crippen LogP contribution in [0.5, 0.6) is 0 Å². The third-order valence-corrected chi connectivity index (χ3v) is 7.75. The van der Waals surface area contributed by atoms with Gasteiger partial charge in [-0.15, -0.1) is 0 Å². The molecule has 8 heteroatoms. The maximum Gasteiger partial charge on any atom is 0.264 e. The summed E-state index contributed by atoms with van der Waals surface area (Å²) >= 11 is 0. The van der Waals surface area contributed by atoms with Crippen molar-refractivity contribution in [2.45, 2.75) is 30.7 Å². The topological polar surface area (TPSA) is 86.8 Å². The molecule has 1 N–H and O–H groups in total. The Kier molecular flexibility index (Phi) is 7.82. The van der Waals surface area contributed by atoms with Crippen molar-refractivity contribution in [2.75, 3.05) is 23.9 Å². The Morgan fingerprint density at radius 1 is 0.857 bits per heavy atom. The Hall–Kier alpha value is -3.65. The molecule has 1 aliphatic heterocycles. The Bertz CT molecular complexity index is 1260. The Morgan fingerprint density at radius 3 is 2.20 bits per heavy atom. The van der Waals surface area contributed by atoms with Crippen LogP contribution < -0.4 is 9.62 Å². The molecule has 0 aromatic heterocycles. The van der Waals surface area contributed by atoms with Gasteiger partial charge in [0, 0.05) is 31.6 Å². The molecule has 0 unspecified atom stereocenters. The second kappa shape index (κ2) is 11.2. The molecule has 1 heterocycles. The molecular formula is C27H29N3O4S.